The lowest BCUT2D eigenvalue weighted by Crippen LogP contribution is -2.70. The van der Waals surface area contributed by atoms with E-state index < -0.39 is 17.7 Å². The second-order valence-corrected chi connectivity index (χ2v) is 16.8. The van der Waals surface area contributed by atoms with Crippen LogP contribution in [0.4, 0.5) is 0 Å². The van der Waals surface area contributed by atoms with Crippen molar-refractivity contribution in [3.05, 3.63) is 149 Å². The van der Waals surface area contributed by atoms with Gasteiger partial charge in [-0.15, -0.1) is 6.58 Å². The van der Waals surface area contributed by atoms with E-state index in [1.54, 1.807) is 30.3 Å². The number of nitriles is 1. The largest absolute Gasteiger partial charge is 0.487 e. The van der Waals surface area contributed by atoms with Gasteiger partial charge in [-0.05, 0) is 117 Å². The Bertz CT molecular complexity index is 2270. The predicted molar refractivity (Wildman–Crippen MR) is 242 cm³/mol. The highest BCUT2D eigenvalue weighted by molar-refractivity contribution is 6.03. The highest BCUT2D eigenvalue weighted by Crippen LogP contribution is 2.62. The molecule has 3 aromatic carbocycles. The molecule has 1 fully saturated rings. The molecule has 330 valence electrons. The number of ether oxygens (including phenoxy) is 3. The van der Waals surface area contributed by atoms with Gasteiger partial charge in [0.1, 0.15) is 30.8 Å². The minimum Gasteiger partial charge on any atom is -0.487 e. The lowest BCUT2D eigenvalue weighted by atomic mass is 9.55. The maximum absolute atomic E-state index is 15.0. The number of unbranched alkanes of at least 4 members (excludes halogenated alkanes) is 2. The topological polar surface area (TPSA) is 147 Å². The van der Waals surface area contributed by atoms with Crippen LogP contribution in [0.5, 0.6) is 11.5 Å². The molecule has 2 N–H and O–H groups in total. The van der Waals surface area contributed by atoms with E-state index in [0.717, 1.165) is 59.5 Å². The minimum absolute atomic E-state index is 0.0612. The Balaban J connectivity index is 1.43. The molecule has 6 atom stereocenters. The number of aliphatic hydroxyl groups is 2. The molecule has 63 heavy (non-hydrogen) atoms. The van der Waals surface area contributed by atoms with Gasteiger partial charge in [0.2, 0.25) is 5.79 Å². The van der Waals surface area contributed by atoms with Gasteiger partial charge in [-0.25, -0.2) is 0 Å². The van der Waals surface area contributed by atoms with Crippen LogP contribution in [0.3, 0.4) is 0 Å². The van der Waals surface area contributed by atoms with E-state index >= 15 is 0 Å². The molecular formula is C52H60N4O7. The molecule has 4 aromatic rings. The predicted octanol–water partition coefficient (Wildman–Crippen LogP) is 9.23. The van der Waals surface area contributed by atoms with E-state index in [1.807, 2.05) is 79.4 Å². The number of allylic oxidation sites excluding steroid dienone is 1. The number of hydrogen-bond acceptors (Lipinski definition) is 10. The molecule has 1 amide bonds. The van der Waals surface area contributed by atoms with Crippen molar-refractivity contribution in [2.75, 3.05) is 26.4 Å². The van der Waals surface area contributed by atoms with Crippen molar-refractivity contribution in [2.24, 2.45) is 22.9 Å². The maximum Gasteiger partial charge on any atom is 0.254 e. The Hall–Kier alpha value is -5.80. The highest BCUT2D eigenvalue weighted by Gasteiger charge is 2.65. The van der Waals surface area contributed by atoms with Crippen LogP contribution in [-0.4, -0.2) is 69.9 Å². The number of benzene rings is 3. The van der Waals surface area contributed by atoms with Crippen molar-refractivity contribution >= 4 is 11.6 Å². The van der Waals surface area contributed by atoms with E-state index in [2.05, 4.69) is 29.8 Å². The van der Waals surface area contributed by atoms with Gasteiger partial charge in [-0.3, -0.25) is 9.78 Å². The number of hydrogen-bond donors (Lipinski definition) is 2. The summed E-state index contributed by atoms with van der Waals surface area (Å²) >= 11 is 0. The molecule has 1 saturated carbocycles. The molecule has 3 aliphatic rings. The van der Waals surface area contributed by atoms with Gasteiger partial charge in [0, 0.05) is 48.9 Å². The van der Waals surface area contributed by atoms with Gasteiger partial charge in [-0.2, -0.15) is 5.26 Å². The van der Waals surface area contributed by atoms with Crippen molar-refractivity contribution in [3.63, 3.8) is 0 Å². The fourth-order valence-electron chi connectivity index (χ4n) is 9.83. The van der Waals surface area contributed by atoms with E-state index in [0.29, 0.717) is 48.4 Å². The number of rotatable bonds is 21. The maximum atomic E-state index is 15.0. The molecule has 1 aliphatic heterocycles. The molecule has 1 aromatic heterocycles. The van der Waals surface area contributed by atoms with E-state index in [1.165, 1.54) is 0 Å². The number of carbonyl (C=O) groups excluding carboxylic acids is 1. The number of oxime groups is 1. The number of aryl methyl sites for hydroxylation is 1. The third-order valence-electron chi connectivity index (χ3n) is 12.6. The Morgan fingerprint density at radius 3 is 2.49 bits per heavy atom. The monoisotopic (exact) mass is 852 g/mol. The summed E-state index contributed by atoms with van der Waals surface area (Å²) in [4.78, 5) is 27.8. The van der Waals surface area contributed by atoms with Gasteiger partial charge in [0.15, 0.2) is 0 Å². The van der Waals surface area contributed by atoms with Gasteiger partial charge < -0.3 is 34.2 Å². The number of nitrogens with zero attached hydrogens (tertiary/aromatic N) is 4. The molecule has 0 spiro atoms. The van der Waals surface area contributed by atoms with Gasteiger partial charge in [0.05, 0.1) is 35.6 Å². The van der Waals surface area contributed by atoms with Crippen LogP contribution in [0.15, 0.2) is 120 Å². The third kappa shape index (κ3) is 10.2. The van der Waals surface area contributed by atoms with Crippen LogP contribution in [0, 0.1) is 36.0 Å². The summed E-state index contributed by atoms with van der Waals surface area (Å²) in [5, 5.41) is 34.5. The van der Waals surface area contributed by atoms with Crippen molar-refractivity contribution in [1.82, 2.24) is 9.88 Å². The van der Waals surface area contributed by atoms with Crippen LogP contribution in [-0.2, 0) is 22.8 Å². The molecule has 2 aliphatic carbocycles. The lowest BCUT2D eigenvalue weighted by Gasteiger charge is -2.60. The third-order valence-corrected chi connectivity index (χ3v) is 12.6. The summed E-state index contributed by atoms with van der Waals surface area (Å²) in [6, 6.07) is 30.0. The minimum atomic E-state index is -1.40. The summed E-state index contributed by atoms with van der Waals surface area (Å²) in [6.45, 7) is 9.37. The Kier molecular flexibility index (Phi) is 15.5. The Labute approximate surface area is 371 Å². The van der Waals surface area contributed by atoms with Gasteiger partial charge >= 0.3 is 0 Å². The second kappa shape index (κ2) is 21.5. The molecule has 0 bridgehead atoms. The number of amides is 1. The molecule has 2 heterocycles. The second-order valence-electron chi connectivity index (χ2n) is 16.8. The Morgan fingerprint density at radius 1 is 1.00 bits per heavy atom. The van der Waals surface area contributed by atoms with Crippen LogP contribution < -0.4 is 9.47 Å². The zero-order valence-corrected chi connectivity index (χ0v) is 36.5. The molecule has 0 saturated heterocycles. The van der Waals surface area contributed by atoms with Crippen LogP contribution in [0.1, 0.15) is 103 Å². The molecule has 0 unspecified atom stereocenters. The SMILES string of the molecule is C=CCO[C@@]12Oc3ccc(OCc4cccc(C)n4)cc3[C@H]3[C@H](CCCCO)[C@@H](CCCCO)C=C(C(=NOCc4ccccc4)C[C@@H]1N(CCC)C(=O)c1ccc(C#N)cc1)[C@H]32. The van der Waals surface area contributed by atoms with Crippen molar-refractivity contribution in [3.8, 4) is 17.6 Å². The first-order valence-electron chi connectivity index (χ1n) is 22.4. The van der Waals surface area contributed by atoms with Crippen molar-refractivity contribution < 1.29 is 34.1 Å². The summed E-state index contributed by atoms with van der Waals surface area (Å²) in [6.07, 6.45) is 9.63. The normalized spacial score (nSPS) is 22.7. The summed E-state index contributed by atoms with van der Waals surface area (Å²) in [7, 11) is 0. The first-order valence-corrected chi connectivity index (χ1v) is 22.4. The van der Waals surface area contributed by atoms with Gasteiger partial charge in [-0.1, -0.05) is 73.5 Å². The Morgan fingerprint density at radius 2 is 1.78 bits per heavy atom. The summed E-state index contributed by atoms with van der Waals surface area (Å²) in [5.74, 6) is -0.793. The number of aromatic nitrogens is 1. The van der Waals surface area contributed by atoms with Crippen LogP contribution >= 0.6 is 0 Å². The zero-order chi connectivity index (χ0) is 44.2. The first-order chi connectivity index (χ1) is 30.8. The average Bonchev–Trinajstić information content (AvgIpc) is 3.31. The van der Waals surface area contributed by atoms with E-state index in [9.17, 15) is 20.3 Å². The first kappa shape index (κ1) is 45.2. The number of fused-ring (bicyclic) bond motifs is 2. The smallest absolute Gasteiger partial charge is 0.254 e. The zero-order valence-electron chi connectivity index (χ0n) is 36.5. The number of pyridine rings is 1. The molecular weight excluding hydrogens is 793 g/mol. The molecule has 11 nitrogen and oxygen atoms in total. The van der Waals surface area contributed by atoms with E-state index in [-0.39, 0.29) is 63.1 Å². The van der Waals surface area contributed by atoms with Gasteiger partial charge in [0.25, 0.3) is 5.91 Å². The standard InChI is InChI=1S/C52H60N4O7/c1-4-26-56(51(59)39-22-20-37(33-53)21-23-39)48-32-46(55-62-34-38-15-7-6-8-16-38)44-30-40(17-9-11-27-57)43(19-10-12-28-58)49-45-31-42(60-35-41-18-13-14-36(3)54-41)24-25-47(45)63-52(48,50(44)49)61-29-5-2/h5-8,13-16,18,20-25,30-31,40,43,48-50,57-58H,2,4,9-12,17,19,26-29,32,34-35H2,1,3H3/t40-,43+,48-,49+,50+,52+/m0/s1. The number of carbonyl (C=O) groups is 1. The highest BCUT2D eigenvalue weighted by atomic mass is 16.7. The number of aliphatic hydroxyl groups excluding tert-OH is 2. The van der Waals surface area contributed by atoms with Crippen molar-refractivity contribution in [2.45, 2.75) is 96.2 Å². The average molecular weight is 853 g/mol. The van der Waals surface area contributed by atoms with Crippen LogP contribution in [0.25, 0.3) is 0 Å². The molecule has 11 heteroatoms. The van der Waals surface area contributed by atoms with E-state index in [4.69, 9.17) is 24.2 Å². The fraction of sp³-hybridized carbons (Fsp3) is 0.423. The quantitative estimate of drug-likeness (QED) is 0.0476. The fourth-order valence-corrected chi connectivity index (χ4v) is 9.83. The molecule has 7 rings (SSSR count). The summed E-state index contributed by atoms with van der Waals surface area (Å²) in [5.41, 5.74) is 6.30. The molecule has 0 radical (unpaired) electrons. The van der Waals surface area contributed by atoms with Crippen LogP contribution in [0.2, 0.25) is 0 Å². The lowest BCUT2D eigenvalue weighted by molar-refractivity contribution is -0.254. The van der Waals surface area contributed by atoms with Crippen molar-refractivity contribution in [1.29, 1.82) is 5.26 Å². The summed E-state index contributed by atoms with van der Waals surface area (Å²) < 4.78 is 21.0.